The first-order valence-corrected chi connectivity index (χ1v) is 8.77. The Morgan fingerprint density at radius 2 is 1.81 bits per heavy atom. The average Bonchev–Trinajstić information content (AvgIpc) is 2.69. The Kier molecular flexibility index (Phi) is 5.33. The maximum atomic E-state index is 12.3. The van der Waals surface area contributed by atoms with Crippen LogP contribution >= 0.6 is 0 Å². The lowest BCUT2D eigenvalue weighted by Gasteiger charge is -2.32. The van der Waals surface area contributed by atoms with Gasteiger partial charge in [0.1, 0.15) is 11.9 Å². The van der Waals surface area contributed by atoms with Crippen molar-refractivity contribution >= 4 is 11.5 Å². The first-order valence-electron chi connectivity index (χ1n) is 8.77. The number of rotatable bonds is 4. The monoisotopic (exact) mass is 369 g/mol. The minimum Gasteiger partial charge on any atom is -0.378 e. The van der Waals surface area contributed by atoms with Crippen molar-refractivity contribution in [1.82, 2.24) is 9.13 Å². The summed E-state index contributed by atoms with van der Waals surface area (Å²) in [4.78, 5) is 28.7. The maximum Gasteiger partial charge on any atom is 0.332 e. The fourth-order valence-corrected chi connectivity index (χ4v) is 3.47. The average molecular weight is 369 g/mol. The number of ether oxygens (including phenoxy) is 1. The zero-order valence-corrected chi connectivity index (χ0v) is 15.8. The van der Waals surface area contributed by atoms with E-state index in [0.29, 0.717) is 25.6 Å². The molecule has 0 spiro atoms. The van der Waals surface area contributed by atoms with E-state index in [1.807, 2.05) is 24.3 Å². The fourth-order valence-electron chi connectivity index (χ4n) is 3.47. The Bertz CT molecular complexity index is 996. The molecule has 2 aromatic rings. The van der Waals surface area contributed by atoms with Crippen LogP contribution in [0.4, 0.5) is 11.5 Å². The fraction of sp³-hybridized carbons (Fsp3) is 0.421. The number of hydrogen-bond donors (Lipinski definition) is 0. The molecule has 0 aliphatic carbocycles. The van der Waals surface area contributed by atoms with Gasteiger partial charge in [0, 0.05) is 46.5 Å². The van der Waals surface area contributed by atoms with Crippen molar-refractivity contribution in [2.45, 2.75) is 6.54 Å². The van der Waals surface area contributed by atoms with Gasteiger partial charge >= 0.3 is 5.69 Å². The molecule has 1 aromatic heterocycles. The highest BCUT2D eigenvalue weighted by atomic mass is 16.5. The number of nitrogens with zero attached hydrogens (tertiary/aromatic N) is 5. The molecule has 8 nitrogen and oxygen atoms in total. The van der Waals surface area contributed by atoms with Crippen molar-refractivity contribution < 1.29 is 4.74 Å². The second kappa shape index (κ2) is 7.68. The molecule has 0 bridgehead atoms. The minimum absolute atomic E-state index is 0.0362. The van der Waals surface area contributed by atoms with Gasteiger partial charge < -0.3 is 14.5 Å². The molecule has 0 unspecified atom stereocenters. The summed E-state index contributed by atoms with van der Waals surface area (Å²) >= 11 is 0. The Balaban J connectivity index is 2.01. The van der Waals surface area contributed by atoms with Crippen molar-refractivity contribution in [1.29, 1.82) is 5.26 Å². The van der Waals surface area contributed by atoms with Gasteiger partial charge in [0.15, 0.2) is 5.56 Å². The van der Waals surface area contributed by atoms with Crippen LogP contribution in [0.3, 0.4) is 0 Å². The SMILES string of the molecule is CN(Cc1ccccc1N1CCOCC1)c1c(C#N)c(=O)n(C)c(=O)n1C. The van der Waals surface area contributed by atoms with Gasteiger partial charge in [-0.05, 0) is 11.6 Å². The van der Waals surface area contributed by atoms with Gasteiger partial charge in [-0.2, -0.15) is 5.26 Å². The summed E-state index contributed by atoms with van der Waals surface area (Å²) in [6, 6.07) is 9.98. The number of hydrogen-bond acceptors (Lipinski definition) is 6. The molecule has 8 heteroatoms. The topological polar surface area (TPSA) is 83.5 Å². The van der Waals surface area contributed by atoms with Gasteiger partial charge in [0.05, 0.1) is 13.2 Å². The van der Waals surface area contributed by atoms with E-state index in [9.17, 15) is 14.9 Å². The Morgan fingerprint density at radius 1 is 1.15 bits per heavy atom. The number of aromatic nitrogens is 2. The van der Waals surface area contributed by atoms with E-state index in [2.05, 4.69) is 11.0 Å². The van der Waals surface area contributed by atoms with Gasteiger partial charge in [0.25, 0.3) is 5.56 Å². The van der Waals surface area contributed by atoms with Gasteiger partial charge in [-0.15, -0.1) is 0 Å². The van der Waals surface area contributed by atoms with Crippen LogP contribution in [0, 0.1) is 11.3 Å². The summed E-state index contributed by atoms with van der Waals surface area (Å²) < 4.78 is 7.73. The second-order valence-electron chi connectivity index (χ2n) is 6.60. The molecule has 1 fully saturated rings. The molecule has 0 saturated carbocycles. The van der Waals surface area contributed by atoms with Crippen molar-refractivity contribution in [3.05, 3.63) is 56.2 Å². The molecular weight excluding hydrogens is 346 g/mol. The summed E-state index contributed by atoms with van der Waals surface area (Å²) in [5.41, 5.74) is 1.08. The smallest absolute Gasteiger partial charge is 0.332 e. The molecule has 27 heavy (non-hydrogen) atoms. The Morgan fingerprint density at radius 3 is 2.48 bits per heavy atom. The van der Waals surface area contributed by atoms with Crippen molar-refractivity contribution in [3.8, 4) is 6.07 Å². The predicted octanol–water partition coefficient (Wildman–Crippen LogP) is 0.429. The quantitative estimate of drug-likeness (QED) is 0.777. The lowest BCUT2D eigenvalue weighted by Crippen LogP contribution is -2.42. The predicted molar refractivity (Wildman–Crippen MR) is 103 cm³/mol. The molecule has 2 heterocycles. The van der Waals surface area contributed by atoms with Crippen LogP contribution in [0.1, 0.15) is 11.1 Å². The van der Waals surface area contributed by atoms with Crippen LogP contribution in [-0.4, -0.2) is 42.5 Å². The first kappa shape index (κ1) is 18.7. The normalized spacial score (nSPS) is 14.1. The lowest BCUT2D eigenvalue weighted by molar-refractivity contribution is 0.122. The number of anilines is 2. The van der Waals surface area contributed by atoms with E-state index in [4.69, 9.17) is 4.74 Å². The van der Waals surface area contributed by atoms with Crippen LogP contribution in [0.15, 0.2) is 33.9 Å². The summed E-state index contributed by atoms with van der Waals surface area (Å²) in [5.74, 6) is 0.322. The third-order valence-electron chi connectivity index (χ3n) is 4.86. The molecule has 142 valence electrons. The standard InChI is InChI=1S/C19H23N5O3/c1-21(17-15(12-20)18(25)23(3)19(26)22(17)2)13-14-6-4-5-7-16(14)24-8-10-27-11-9-24/h4-7H,8-11,13H2,1-3H3. The molecule has 1 aromatic carbocycles. The molecule has 0 N–H and O–H groups in total. The van der Waals surface area contributed by atoms with E-state index in [-0.39, 0.29) is 5.56 Å². The highest BCUT2D eigenvalue weighted by molar-refractivity contribution is 5.58. The van der Waals surface area contributed by atoms with Crippen molar-refractivity contribution in [3.63, 3.8) is 0 Å². The molecule has 1 aliphatic rings. The largest absolute Gasteiger partial charge is 0.378 e. The Hall–Kier alpha value is -3.05. The van der Waals surface area contributed by atoms with E-state index in [1.165, 1.54) is 11.6 Å². The van der Waals surface area contributed by atoms with Crippen molar-refractivity contribution in [2.24, 2.45) is 14.1 Å². The van der Waals surface area contributed by atoms with Gasteiger partial charge in [-0.3, -0.25) is 13.9 Å². The summed E-state index contributed by atoms with van der Waals surface area (Å²) in [7, 11) is 4.73. The molecule has 0 radical (unpaired) electrons. The number of morpholine rings is 1. The van der Waals surface area contributed by atoms with E-state index < -0.39 is 11.2 Å². The van der Waals surface area contributed by atoms with Gasteiger partial charge in [-0.1, -0.05) is 18.2 Å². The number of nitriles is 1. The number of para-hydroxylation sites is 1. The van der Waals surface area contributed by atoms with E-state index in [1.54, 1.807) is 19.0 Å². The maximum absolute atomic E-state index is 12.3. The third kappa shape index (κ3) is 3.46. The van der Waals surface area contributed by atoms with E-state index >= 15 is 0 Å². The molecule has 0 atom stereocenters. The highest BCUT2D eigenvalue weighted by Crippen LogP contribution is 2.25. The third-order valence-corrected chi connectivity index (χ3v) is 4.86. The van der Waals surface area contributed by atoms with Crippen LogP contribution in [-0.2, 0) is 25.4 Å². The highest BCUT2D eigenvalue weighted by Gasteiger charge is 2.21. The summed E-state index contributed by atoms with van der Waals surface area (Å²) in [6.07, 6.45) is 0. The first-order chi connectivity index (χ1) is 13.0. The zero-order valence-electron chi connectivity index (χ0n) is 15.8. The van der Waals surface area contributed by atoms with Crippen LogP contribution in [0.25, 0.3) is 0 Å². The van der Waals surface area contributed by atoms with Gasteiger partial charge in [0.2, 0.25) is 0 Å². The zero-order chi connectivity index (χ0) is 19.6. The molecule has 3 rings (SSSR count). The minimum atomic E-state index is -0.580. The summed E-state index contributed by atoms with van der Waals surface area (Å²) in [6.45, 7) is 3.46. The van der Waals surface area contributed by atoms with Crippen LogP contribution in [0.5, 0.6) is 0 Å². The van der Waals surface area contributed by atoms with E-state index in [0.717, 1.165) is 28.9 Å². The Labute approximate surface area is 157 Å². The van der Waals surface area contributed by atoms with Gasteiger partial charge in [-0.25, -0.2) is 4.79 Å². The summed E-state index contributed by atoms with van der Waals surface area (Å²) in [5, 5.41) is 9.48. The lowest BCUT2D eigenvalue weighted by atomic mass is 10.1. The molecular formula is C19H23N5O3. The molecule has 1 aliphatic heterocycles. The number of benzene rings is 1. The van der Waals surface area contributed by atoms with Crippen molar-refractivity contribution in [2.75, 3.05) is 43.2 Å². The van der Waals surface area contributed by atoms with Crippen LogP contribution < -0.4 is 21.0 Å². The van der Waals surface area contributed by atoms with Crippen LogP contribution in [0.2, 0.25) is 0 Å². The molecule has 0 amide bonds. The molecule has 1 saturated heterocycles. The second-order valence-corrected chi connectivity index (χ2v) is 6.60.